The van der Waals surface area contributed by atoms with Crippen molar-refractivity contribution in [1.29, 1.82) is 0 Å². The molecule has 0 bridgehead atoms. The van der Waals surface area contributed by atoms with Gasteiger partial charge in [0.25, 0.3) is 0 Å². The van der Waals surface area contributed by atoms with E-state index in [1.54, 1.807) is 0 Å². The molecule has 1 aromatic carbocycles. The molecule has 10 heteroatoms. The normalized spacial score (nSPS) is 10.4. The van der Waals surface area contributed by atoms with Crippen LogP contribution in [0.5, 0.6) is 5.75 Å². The molecular formula is C9H6Cl2N4O3S. The van der Waals surface area contributed by atoms with Gasteiger partial charge in [-0.3, -0.25) is 10.1 Å². The van der Waals surface area contributed by atoms with Gasteiger partial charge in [-0.1, -0.05) is 27.7 Å². The van der Waals surface area contributed by atoms with E-state index in [9.17, 15) is 10.1 Å². The van der Waals surface area contributed by atoms with Gasteiger partial charge in [-0.25, -0.2) is 0 Å². The fourth-order valence-corrected chi connectivity index (χ4v) is 1.98. The Kier molecular flexibility index (Phi) is 4.03. The fraction of sp³-hybridized carbons (Fsp3) is 0.111. The minimum atomic E-state index is -0.611. The van der Waals surface area contributed by atoms with E-state index < -0.39 is 4.92 Å². The Morgan fingerprint density at radius 2 is 2.11 bits per heavy atom. The molecule has 0 aliphatic heterocycles. The van der Waals surface area contributed by atoms with E-state index in [4.69, 9.17) is 33.7 Å². The first-order valence-corrected chi connectivity index (χ1v) is 6.35. The van der Waals surface area contributed by atoms with Crippen LogP contribution in [0.25, 0.3) is 0 Å². The van der Waals surface area contributed by atoms with Crippen molar-refractivity contribution in [2.45, 2.75) is 6.61 Å². The molecule has 0 unspecified atom stereocenters. The Hall–Kier alpha value is -1.64. The van der Waals surface area contributed by atoms with E-state index >= 15 is 0 Å². The lowest BCUT2D eigenvalue weighted by Gasteiger charge is -2.06. The number of halogens is 2. The molecular weight excluding hydrogens is 315 g/mol. The van der Waals surface area contributed by atoms with Gasteiger partial charge in [0.1, 0.15) is 17.3 Å². The van der Waals surface area contributed by atoms with Gasteiger partial charge in [-0.05, 0) is 0 Å². The van der Waals surface area contributed by atoms with Crippen molar-refractivity contribution >= 4 is 45.4 Å². The quantitative estimate of drug-likeness (QED) is 0.686. The number of ether oxygens (including phenoxy) is 1. The first-order chi connectivity index (χ1) is 8.99. The van der Waals surface area contributed by atoms with Crippen molar-refractivity contribution in [1.82, 2.24) is 9.59 Å². The maximum absolute atomic E-state index is 10.9. The monoisotopic (exact) mass is 320 g/mol. The summed E-state index contributed by atoms with van der Waals surface area (Å²) in [6.45, 7) is -0.0405. The molecule has 0 amide bonds. The summed E-state index contributed by atoms with van der Waals surface area (Å²) in [6.07, 6.45) is 0. The highest BCUT2D eigenvalue weighted by Crippen LogP contribution is 2.36. The summed E-state index contributed by atoms with van der Waals surface area (Å²) < 4.78 is 8.93. The first-order valence-electron chi connectivity index (χ1n) is 4.82. The molecule has 0 saturated carbocycles. The number of nitro benzene ring substituents is 1. The van der Waals surface area contributed by atoms with Gasteiger partial charge >= 0.3 is 5.69 Å². The topological polar surface area (TPSA) is 104 Å². The van der Waals surface area contributed by atoms with Crippen LogP contribution in [0.15, 0.2) is 12.1 Å². The maximum Gasteiger partial charge on any atom is 0.312 e. The molecule has 2 N–H and O–H groups in total. The van der Waals surface area contributed by atoms with Crippen LogP contribution in [-0.4, -0.2) is 14.5 Å². The van der Waals surface area contributed by atoms with Crippen molar-refractivity contribution in [2.24, 2.45) is 0 Å². The van der Waals surface area contributed by atoms with Crippen molar-refractivity contribution in [2.75, 3.05) is 5.73 Å². The minimum Gasteiger partial charge on any atom is -0.480 e. The number of anilines is 1. The Bertz CT molecular complexity index is 634. The van der Waals surface area contributed by atoms with Crippen LogP contribution in [0.1, 0.15) is 5.69 Å². The number of nitrogens with two attached hydrogens (primary N) is 1. The SMILES string of the molecule is Nc1snnc1COc1cc(Cl)c(Cl)cc1[N+](=O)[O-]. The number of nitrogens with zero attached hydrogens (tertiary/aromatic N) is 3. The number of rotatable bonds is 4. The minimum absolute atomic E-state index is 0.00759. The summed E-state index contributed by atoms with van der Waals surface area (Å²) in [7, 11) is 0. The molecule has 2 aromatic rings. The third kappa shape index (κ3) is 3.03. The van der Waals surface area contributed by atoms with Crippen LogP contribution < -0.4 is 10.5 Å². The molecule has 2 rings (SSSR count). The van der Waals surface area contributed by atoms with Gasteiger partial charge in [0.15, 0.2) is 5.75 Å². The maximum atomic E-state index is 10.9. The van der Waals surface area contributed by atoms with E-state index in [0.717, 1.165) is 17.6 Å². The zero-order valence-corrected chi connectivity index (χ0v) is 11.5. The van der Waals surface area contributed by atoms with Crippen LogP contribution >= 0.6 is 34.7 Å². The van der Waals surface area contributed by atoms with E-state index in [1.807, 2.05) is 0 Å². The van der Waals surface area contributed by atoms with Crippen LogP contribution in [0.2, 0.25) is 10.0 Å². The Morgan fingerprint density at radius 3 is 2.68 bits per heavy atom. The molecule has 1 heterocycles. The fourth-order valence-electron chi connectivity index (χ4n) is 1.24. The average molecular weight is 321 g/mol. The second kappa shape index (κ2) is 5.55. The van der Waals surface area contributed by atoms with Gasteiger partial charge in [0.05, 0.1) is 15.0 Å². The molecule has 0 aliphatic carbocycles. The lowest BCUT2D eigenvalue weighted by atomic mass is 10.3. The van der Waals surface area contributed by atoms with Crippen molar-refractivity contribution in [3.8, 4) is 5.75 Å². The average Bonchev–Trinajstić information content (AvgIpc) is 2.75. The summed E-state index contributed by atoms with van der Waals surface area (Å²) >= 11 is 12.5. The van der Waals surface area contributed by atoms with E-state index in [0.29, 0.717) is 10.7 Å². The molecule has 19 heavy (non-hydrogen) atoms. The highest BCUT2D eigenvalue weighted by atomic mass is 35.5. The van der Waals surface area contributed by atoms with Gasteiger partial charge in [0, 0.05) is 23.7 Å². The smallest absolute Gasteiger partial charge is 0.312 e. The number of nitro groups is 1. The molecule has 0 aliphatic rings. The summed E-state index contributed by atoms with van der Waals surface area (Å²) in [5.41, 5.74) is 5.72. The molecule has 0 fully saturated rings. The van der Waals surface area contributed by atoms with Crippen LogP contribution in [-0.2, 0) is 6.61 Å². The Morgan fingerprint density at radius 1 is 1.42 bits per heavy atom. The lowest BCUT2D eigenvalue weighted by molar-refractivity contribution is -0.385. The van der Waals surface area contributed by atoms with Crippen molar-refractivity contribution < 1.29 is 9.66 Å². The van der Waals surface area contributed by atoms with E-state index in [-0.39, 0.29) is 28.1 Å². The van der Waals surface area contributed by atoms with Crippen LogP contribution in [0, 0.1) is 10.1 Å². The van der Waals surface area contributed by atoms with Gasteiger partial charge < -0.3 is 10.5 Å². The second-order valence-electron chi connectivity index (χ2n) is 3.36. The number of benzene rings is 1. The van der Waals surface area contributed by atoms with E-state index in [2.05, 4.69) is 9.59 Å². The first kappa shape index (κ1) is 13.8. The second-order valence-corrected chi connectivity index (χ2v) is 4.96. The lowest BCUT2D eigenvalue weighted by Crippen LogP contribution is -2.01. The van der Waals surface area contributed by atoms with Crippen LogP contribution in [0.3, 0.4) is 0 Å². The molecule has 1 aromatic heterocycles. The van der Waals surface area contributed by atoms with Crippen molar-refractivity contribution in [3.05, 3.63) is 38.0 Å². The standard InChI is InChI=1S/C9H6Cl2N4O3S/c10-4-1-7(15(16)17)8(2-5(4)11)18-3-6-9(12)19-14-13-6/h1-2H,3,12H2. The molecule has 0 saturated heterocycles. The number of hydrogen-bond acceptors (Lipinski definition) is 7. The number of aromatic nitrogens is 2. The van der Waals surface area contributed by atoms with Gasteiger partial charge in [-0.2, -0.15) is 0 Å². The predicted octanol–water partition coefficient (Wildman–Crippen LogP) is 2.91. The molecule has 0 atom stereocenters. The van der Waals surface area contributed by atoms with Crippen LogP contribution in [0.4, 0.5) is 10.7 Å². The molecule has 7 nitrogen and oxygen atoms in total. The molecule has 0 spiro atoms. The van der Waals surface area contributed by atoms with Crippen molar-refractivity contribution in [3.63, 3.8) is 0 Å². The highest BCUT2D eigenvalue weighted by molar-refractivity contribution is 7.09. The summed E-state index contributed by atoms with van der Waals surface area (Å²) in [4.78, 5) is 10.3. The number of nitrogen functional groups attached to an aromatic ring is 1. The molecule has 100 valence electrons. The van der Waals surface area contributed by atoms with Gasteiger partial charge in [0.2, 0.25) is 0 Å². The zero-order chi connectivity index (χ0) is 14.0. The Balaban J connectivity index is 2.26. The number of hydrogen-bond donors (Lipinski definition) is 1. The Labute approximate surface area is 121 Å². The van der Waals surface area contributed by atoms with E-state index in [1.165, 1.54) is 6.07 Å². The summed E-state index contributed by atoms with van der Waals surface area (Å²) in [5.74, 6) is -0.00759. The highest BCUT2D eigenvalue weighted by Gasteiger charge is 2.19. The summed E-state index contributed by atoms with van der Waals surface area (Å²) in [6, 6.07) is 2.40. The van der Waals surface area contributed by atoms with Gasteiger partial charge in [-0.15, -0.1) is 5.10 Å². The molecule has 0 radical (unpaired) electrons. The largest absolute Gasteiger partial charge is 0.480 e. The predicted molar refractivity (Wildman–Crippen MR) is 71.8 cm³/mol. The summed E-state index contributed by atoms with van der Waals surface area (Å²) in [5, 5.41) is 15.3. The third-order valence-corrected chi connectivity index (χ3v) is 3.47. The third-order valence-electron chi connectivity index (χ3n) is 2.15. The zero-order valence-electron chi connectivity index (χ0n) is 9.17.